The number of aromatic nitrogens is 2. The summed E-state index contributed by atoms with van der Waals surface area (Å²) in [7, 11) is 1.60. The molecule has 25 heavy (non-hydrogen) atoms. The fraction of sp³-hybridized carbons (Fsp3) is 0.412. The topological polar surface area (TPSA) is 100 Å². The van der Waals surface area contributed by atoms with E-state index in [-0.39, 0.29) is 29.5 Å². The van der Waals surface area contributed by atoms with Crippen LogP contribution in [0.1, 0.15) is 21.8 Å². The van der Waals surface area contributed by atoms with Crippen molar-refractivity contribution in [1.29, 1.82) is 0 Å². The van der Waals surface area contributed by atoms with E-state index >= 15 is 0 Å². The number of aryl methyl sites for hydroxylation is 1. The minimum atomic E-state index is -0.350. The van der Waals surface area contributed by atoms with E-state index in [0.717, 1.165) is 5.56 Å². The summed E-state index contributed by atoms with van der Waals surface area (Å²) < 4.78 is 5.14. The van der Waals surface area contributed by atoms with Gasteiger partial charge in [0.1, 0.15) is 0 Å². The number of pyridine rings is 1. The van der Waals surface area contributed by atoms with Crippen LogP contribution in [0.4, 0.5) is 0 Å². The first-order valence-corrected chi connectivity index (χ1v) is 8.12. The van der Waals surface area contributed by atoms with E-state index < -0.39 is 0 Å². The molecule has 3 heterocycles. The fourth-order valence-electron chi connectivity index (χ4n) is 3.12. The van der Waals surface area contributed by atoms with E-state index in [2.05, 4.69) is 25.5 Å². The molecule has 0 saturated carbocycles. The Morgan fingerprint density at radius 1 is 1.40 bits per heavy atom. The molecule has 2 aromatic heterocycles. The summed E-state index contributed by atoms with van der Waals surface area (Å²) in [5, 5.41) is 5.59. The third-order valence-corrected chi connectivity index (χ3v) is 4.38. The Bertz CT molecular complexity index is 746. The van der Waals surface area contributed by atoms with Crippen molar-refractivity contribution in [1.82, 2.24) is 25.5 Å². The maximum absolute atomic E-state index is 12.4. The second-order valence-corrected chi connectivity index (χ2v) is 6.12. The second-order valence-electron chi connectivity index (χ2n) is 6.12. The summed E-state index contributed by atoms with van der Waals surface area (Å²) in [6.07, 6.45) is 4.77. The number of likely N-dealkylation sites (tertiary alicyclic amines) is 1. The lowest BCUT2D eigenvalue weighted by molar-refractivity contribution is -0.124. The molecule has 0 unspecified atom stereocenters. The van der Waals surface area contributed by atoms with Crippen molar-refractivity contribution in [2.24, 2.45) is 5.92 Å². The van der Waals surface area contributed by atoms with E-state index in [0.29, 0.717) is 25.3 Å². The Morgan fingerprint density at radius 2 is 2.24 bits per heavy atom. The number of carbonyl (C=O) groups excluding carboxylic acids is 2. The average molecular weight is 343 g/mol. The number of hydrogen-bond acceptors (Lipinski definition) is 6. The van der Waals surface area contributed by atoms with Crippen LogP contribution >= 0.6 is 0 Å². The van der Waals surface area contributed by atoms with Crippen LogP contribution in [0, 0.1) is 12.8 Å². The van der Waals surface area contributed by atoms with Crippen molar-refractivity contribution in [2.75, 3.05) is 20.1 Å². The molecule has 2 amide bonds. The SMILES string of the molecule is CNC(=O)[C@H]1CN(Cc2cccnc2)C[C@@H]1NC(=O)c1ocnc1C. The Balaban J connectivity index is 1.70. The van der Waals surface area contributed by atoms with Gasteiger partial charge >= 0.3 is 0 Å². The van der Waals surface area contributed by atoms with E-state index in [4.69, 9.17) is 4.42 Å². The molecule has 0 spiro atoms. The first-order valence-electron chi connectivity index (χ1n) is 8.12. The van der Waals surface area contributed by atoms with Gasteiger partial charge in [0.25, 0.3) is 5.91 Å². The van der Waals surface area contributed by atoms with Crippen LogP contribution in [0.2, 0.25) is 0 Å². The predicted molar refractivity (Wildman–Crippen MR) is 89.6 cm³/mol. The van der Waals surface area contributed by atoms with Crippen LogP contribution in [0.25, 0.3) is 0 Å². The van der Waals surface area contributed by atoms with Gasteiger partial charge in [0, 0.05) is 39.1 Å². The summed E-state index contributed by atoms with van der Waals surface area (Å²) in [6, 6.07) is 3.58. The van der Waals surface area contributed by atoms with Gasteiger partial charge in [-0.15, -0.1) is 0 Å². The number of carbonyl (C=O) groups is 2. The molecule has 8 nitrogen and oxygen atoms in total. The van der Waals surface area contributed by atoms with Gasteiger partial charge in [-0.3, -0.25) is 19.5 Å². The van der Waals surface area contributed by atoms with Crippen LogP contribution in [0.5, 0.6) is 0 Å². The molecule has 1 fully saturated rings. The standard InChI is InChI=1S/C17H21N5O3/c1-11-15(25-10-20-11)17(24)21-14-9-22(8-13(14)16(23)18-2)7-12-4-3-5-19-6-12/h3-6,10,13-14H,7-9H2,1-2H3,(H,18,23)(H,21,24)/t13-,14-/m0/s1. The largest absolute Gasteiger partial charge is 0.438 e. The highest BCUT2D eigenvalue weighted by Crippen LogP contribution is 2.20. The van der Waals surface area contributed by atoms with Crippen LogP contribution in [-0.2, 0) is 11.3 Å². The molecule has 0 radical (unpaired) electrons. The molecule has 2 atom stereocenters. The van der Waals surface area contributed by atoms with Crippen molar-refractivity contribution in [3.05, 3.63) is 47.9 Å². The fourth-order valence-corrected chi connectivity index (χ4v) is 3.12. The molecule has 3 rings (SSSR count). The maximum atomic E-state index is 12.4. The quantitative estimate of drug-likeness (QED) is 0.813. The lowest BCUT2D eigenvalue weighted by Gasteiger charge is -2.18. The average Bonchev–Trinajstić information content (AvgIpc) is 3.21. The highest BCUT2D eigenvalue weighted by Gasteiger charge is 2.38. The van der Waals surface area contributed by atoms with Crippen LogP contribution in [0.3, 0.4) is 0 Å². The van der Waals surface area contributed by atoms with E-state index in [9.17, 15) is 9.59 Å². The molecular weight excluding hydrogens is 322 g/mol. The van der Waals surface area contributed by atoms with Crippen molar-refractivity contribution in [3.63, 3.8) is 0 Å². The van der Waals surface area contributed by atoms with Crippen molar-refractivity contribution >= 4 is 11.8 Å². The summed E-state index contributed by atoms with van der Waals surface area (Å²) in [5.74, 6) is -0.583. The van der Waals surface area contributed by atoms with Crippen molar-refractivity contribution in [2.45, 2.75) is 19.5 Å². The number of rotatable bonds is 5. The zero-order valence-electron chi connectivity index (χ0n) is 14.2. The van der Waals surface area contributed by atoms with Crippen LogP contribution < -0.4 is 10.6 Å². The lowest BCUT2D eigenvalue weighted by Crippen LogP contribution is -2.45. The zero-order valence-corrected chi connectivity index (χ0v) is 14.2. The first kappa shape index (κ1) is 17.1. The summed E-state index contributed by atoms with van der Waals surface area (Å²) in [6.45, 7) is 3.52. The number of oxazole rings is 1. The van der Waals surface area contributed by atoms with Crippen molar-refractivity contribution in [3.8, 4) is 0 Å². The molecule has 132 valence electrons. The van der Waals surface area contributed by atoms with Gasteiger partial charge in [-0.1, -0.05) is 6.07 Å². The van der Waals surface area contributed by atoms with Gasteiger partial charge in [-0.05, 0) is 18.6 Å². The van der Waals surface area contributed by atoms with Gasteiger partial charge in [0.15, 0.2) is 6.39 Å². The molecule has 2 aromatic rings. The molecule has 2 N–H and O–H groups in total. The molecule has 0 bridgehead atoms. The highest BCUT2D eigenvalue weighted by molar-refractivity contribution is 5.93. The van der Waals surface area contributed by atoms with Crippen LogP contribution in [0.15, 0.2) is 35.3 Å². The molecule has 1 saturated heterocycles. The highest BCUT2D eigenvalue weighted by atomic mass is 16.3. The molecule has 8 heteroatoms. The van der Waals surface area contributed by atoms with E-state index in [1.165, 1.54) is 6.39 Å². The maximum Gasteiger partial charge on any atom is 0.289 e. The molecule has 0 aromatic carbocycles. The minimum Gasteiger partial charge on any atom is -0.438 e. The van der Waals surface area contributed by atoms with Crippen LogP contribution in [-0.4, -0.2) is 52.9 Å². The Hall–Kier alpha value is -2.74. The second kappa shape index (κ2) is 7.43. The minimum absolute atomic E-state index is 0.0896. The Labute approximate surface area is 145 Å². The number of amides is 2. The first-order chi connectivity index (χ1) is 12.1. The Kier molecular flexibility index (Phi) is 5.08. The smallest absolute Gasteiger partial charge is 0.289 e. The number of nitrogens with one attached hydrogen (secondary N) is 2. The zero-order chi connectivity index (χ0) is 17.8. The monoisotopic (exact) mass is 343 g/mol. The van der Waals surface area contributed by atoms with Gasteiger partial charge in [-0.25, -0.2) is 4.98 Å². The van der Waals surface area contributed by atoms with Crippen molar-refractivity contribution < 1.29 is 14.0 Å². The van der Waals surface area contributed by atoms with Gasteiger partial charge in [0.2, 0.25) is 11.7 Å². The predicted octanol–water partition coefficient (Wildman–Crippen LogP) is 0.354. The lowest BCUT2D eigenvalue weighted by atomic mass is 10.0. The Morgan fingerprint density at radius 3 is 2.88 bits per heavy atom. The molecule has 0 aliphatic carbocycles. The molecule has 1 aliphatic heterocycles. The molecular formula is C17H21N5O3. The third-order valence-electron chi connectivity index (χ3n) is 4.38. The summed E-state index contributed by atoms with van der Waals surface area (Å²) in [5.41, 5.74) is 1.59. The van der Waals surface area contributed by atoms with E-state index in [1.54, 1.807) is 26.4 Å². The summed E-state index contributed by atoms with van der Waals surface area (Å²) >= 11 is 0. The van der Waals surface area contributed by atoms with Gasteiger partial charge in [0.05, 0.1) is 17.7 Å². The normalized spacial score (nSPS) is 20.4. The van der Waals surface area contributed by atoms with Gasteiger partial charge in [-0.2, -0.15) is 0 Å². The van der Waals surface area contributed by atoms with E-state index in [1.807, 2.05) is 12.1 Å². The summed E-state index contributed by atoms with van der Waals surface area (Å²) in [4.78, 5) is 34.8. The third kappa shape index (κ3) is 3.85. The number of nitrogens with zero attached hydrogens (tertiary/aromatic N) is 3. The molecule has 1 aliphatic rings. The number of hydrogen-bond donors (Lipinski definition) is 2. The van der Waals surface area contributed by atoms with Gasteiger partial charge < -0.3 is 15.1 Å².